The molecule has 0 unspecified atom stereocenters. The fourth-order valence-electron chi connectivity index (χ4n) is 1.97. The highest BCUT2D eigenvalue weighted by Crippen LogP contribution is 2.33. The number of aryl methyl sites for hydroxylation is 1. The van der Waals surface area contributed by atoms with Gasteiger partial charge in [-0.2, -0.15) is 0 Å². The van der Waals surface area contributed by atoms with Gasteiger partial charge < -0.3 is 15.6 Å². The van der Waals surface area contributed by atoms with Crippen LogP contribution in [0.4, 0.5) is 5.69 Å². The maximum atomic E-state index is 12.0. The predicted molar refractivity (Wildman–Crippen MR) is 92.6 cm³/mol. The maximum Gasteiger partial charge on any atom is 0.241 e. The molecule has 1 heterocycles. The third-order valence-electron chi connectivity index (χ3n) is 3.13. The minimum absolute atomic E-state index is 0.205. The molecule has 0 saturated carbocycles. The van der Waals surface area contributed by atoms with E-state index in [-0.39, 0.29) is 5.91 Å². The molecule has 0 aliphatic carbocycles. The number of benzene rings is 1. The van der Waals surface area contributed by atoms with Crippen LogP contribution in [0.3, 0.4) is 0 Å². The number of nitrogens with two attached hydrogens (primary N) is 1. The number of amides is 1. The van der Waals surface area contributed by atoms with Gasteiger partial charge in [-0.1, -0.05) is 25.4 Å². The van der Waals surface area contributed by atoms with Crippen LogP contribution in [0.25, 0.3) is 0 Å². The minimum Gasteiger partial charge on any atom is -0.325 e. The van der Waals surface area contributed by atoms with Crippen LogP contribution in [0.15, 0.2) is 34.6 Å². The summed E-state index contributed by atoms with van der Waals surface area (Å²) >= 11 is 7.69. The molecule has 1 atom stereocenters. The van der Waals surface area contributed by atoms with Gasteiger partial charge in [0.05, 0.1) is 11.1 Å². The Morgan fingerprint density at radius 2 is 2.22 bits per heavy atom. The Kier molecular flexibility index (Phi) is 6.04. The van der Waals surface area contributed by atoms with Crippen LogP contribution in [0, 0.1) is 5.92 Å². The number of anilines is 1. The van der Waals surface area contributed by atoms with Crippen molar-refractivity contribution < 1.29 is 4.79 Å². The Hall–Kier alpha value is -1.57. The molecule has 0 spiro atoms. The summed E-state index contributed by atoms with van der Waals surface area (Å²) in [6.45, 7) is 4.06. The van der Waals surface area contributed by atoms with E-state index in [0.29, 0.717) is 23.0 Å². The lowest BCUT2D eigenvalue weighted by molar-refractivity contribution is -0.117. The Balaban J connectivity index is 2.04. The smallest absolute Gasteiger partial charge is 0.241 e. The zero-order valence-electron chi connectivity index (χ0n) is 13.3. The van der Waals surface area contributed by atoms with Gasteiger partial charge in [0.2, 0.25) is 5.91 Å². The Morgan fingerprint density at radius 3 is 2.78 bits per heavy atom. The van der Waals surface area contributed by atoms with Crippen LogP contribution < -0.4 is 11.1 Å². The topological polar surface area (TPSA) is 85.8 Å². The lowest BCUT2D eigenvalue weighted by Gasteiger charge is -2.14. The molecule has 0 aliphatic heterocycles. The molecule has 124 valence electrons. The molecular weight excluding hydrogens is 334 g/mol. The Bertz CT molecular complexity index is 688. The highest BCUT2D eigenvalue weighted by atomic mass is 35.5. The van der Waals surface area contributed by atoms with Crippen molar-refractivity contribution in [1.82, 2.24) is 14.8 Å². The second-order valence-electron chi connectivity index (χ2n) is 5.70. The Labute approximate surface area is 144 Å². The zero-order chi connectivity index (χ0) is 17.0. The summed E-state index contributed by atoms with van der Waals surface area (Å²) in [4.78, 5) is 12.9. The van der Waals surface area contributed by atoms with Gasteiger partial charge in [0.1, 0.15) is 6.33 Å². The van der Waals surface area contributed by atoms with Crippen molar-refractivity contribution in [2.45, 2.75) is 36.4 Å². The van der Waals surface area contributed by atoms with E-state index < -0.39 is 6.04 Å². The van der Waals surface area contributed by atoms with Crippen LogP contribution in [0.5, 0.6) is 0 Å². The van der Waals surface area contributed by atoms with Crippen molar-refractivity contribution in [2.75, 3.05) is 5.32 Å². The molecule has 6 nitrogen and oxygen atoms in total. The van der Waals surface area contributed by atoms with Gasteiger partial charge in [-0.05, 0) is 42.3 Å². The summed E-state index contributed by atoms with van der Waals surface area (Å²) in [5.74, 6) is 0.160. The molecule has 0 radical (unpaired) electrons. The van der Waals surface area contributed by atoms with E-state index >= 15 is 0 Å². The number of carbonyl (C=O) groups excluding carboxylic acids is 1. The van der Waals surface area contributed by atoms with Crippen molar-refractivity contribution >= 4 is 35.0 Å². The summed E-state index contributed by atoms with van der Waals surface area (Å²) in [6, 6.07) is 4.82. The molecule has 8 heteroatoms. The Morgan fingerprint density at radius 1 is 1.48 bits per heavy atom. The normalized spacial score (nSPS) is 12.4. The molecule has 1 aromatic heterocycles. The first-order chi connectivity index (χ1) is 10.9. The molecule has 23 heavy (non-hydrogen) atoms. The van der Waals surface area contributed by atoms with Gasteiger partial charge in [-0.3, -0.25) is 4.79 Å². The van der Waals surface area contributed by atoms with E-state index in [1.165, 1.54) is 11.8 Å². The molecular formula is C15H20ClN5OS. The summed E-state index contributed by atoms with van der Waals surface area (Å²) < 4.78 is 1.81. The highest BCUT2D eigenvalue weighted by molar-refractivity contribution is 7.99. The van der Waals surface area contributed by atoms with Gasteiger partial charge in [0.15, 0.2) is 5.16 Å². The quantitative estimate of drug-likeness (QED) is 0.833. The number of aromatic nitrogens is 3. The molecule has 1 amide bonds. The average Bonchev–Trinajstić information content (AvgIpc) is 2.86. The largest absolute Gasteiger partial charge is 0.325 e. The standard InChI is InChI=1S/C15H20ClN5OS/c1-9(2)6-12(17)14(22)19-10-4-5-13(11(16)7-10)23-15-20-18-8-21(15)3/h4-5,7-9,12H,6,17H2,1-3H3,(H,19,22)/t12-/m0/s1. The van der Waals surface area contributed by atoms with Gasteiger partial charge in [0, 0.05) is 17.6 Å². The first kappa shape index (κ1) is 17.8. The number of nitrogens with one attached hydrogen (secondary N) is 1. The number of halogens is 1. The first-order valence-electron chi connectivity index (χ1n) is 7.24. The number of hydrogen-bond donors (Lipinski definition) is 2. The van der Waals surface area contributed by atoms with Crippen molar-refractivity contribution in [3.8, 4) is 0 Å². The average molecular weight is 354 g/mol. The summed E-state index contributed by atoms with van der Waals surface area (Å²) in [7, 11) is 1.86. The second-order valence-corrected chi connectivity index (χ2v) is 7.11. The van der Waals surface area contributed by atoms with Gasteiger partial charge in [-0.25, -0.2) is 0 Å². The summed E-state index contributed by atoms with van der Waals surface area (Å²) in [5.41, 5.74) is 6.50. The highest BCUT2D eigenvalue weighted by Gasteiger charge is 2.16. The summed E-state index contributed by atoms with van der Waals surface area (Å²) in [5, 5.41) is 11.9. The molecule has 0 fully saturated rings. The fraction of sp³-hybridized carbons (Fsp3) is 0.400. The molecule has 2 rings (SSSR count). The van der Waals surface area contributed by atoms with Crippen LogP contribution in [0.1, 0.15) is 20.3 Å². The van der Waals surface area contributed by atoms with Gasteiger partial charge >= 0.3 is 0 Å². The van der Waals surface area contributed by atoms with Crippen LogP contribution in [-0.2, 0) is 11.8 Å². The van der Waals surface area contributed by atoms with Gasteiger partial charge in [0.25, 0.3) is 0 Å². The third kappa shape index (κ3) is 4.95. The van der Waals surface area contributed by atoms with E-state index in [4.69, 9.17) is 17.3 Å². The first-order valence-corrected chi connectivity index (χ1v) is 8.44. The van der Waals surface area contributed by atoms with E-state index in [2.05, 4.69) is 15.5 Å². The van der Waals surface area contributed by atoms with Crippen molar-refractivity contribution in [1.29, 1.82) is 0 Å². The maximum absolute atomic E-state index is 12.0. The second kappa shape index (κ2) is 7.81. The summed E-state index contributed by atoms with van der Waals surface area (Å²) in [6.07, 6.45) is 2.26. The lowest BCUT2D eigenvalue weighted by Crippen LogP contribution is -2.36. The number of rotatable bonds is 6. The molecule has 3 N–H and O–H groups in total. The van der Waals surface area contributed by atoms with Crippen LogP contribution in [0.2, 0.25) is 5.02 Å². The molecule has 2 aromatic rings. The van der Waals surface area contributed by atoms with Crippen LogP contribution in [-0.4, -0.2) is 26.7 Å². The monoisotopic (exact) mass is 353 g/mol. The molecule has 0 aliphatic rings. The van der Waals surface area contributed by atoms with E-state index in [9.17, 15) is 4.79 Å². The zero-order valence-corrected chi connectivity index (χ0v) is 14.9. The fourth-order valence-corrected chi connectivity index (χ4v) is 3.04. The number of hydrogen-bond acceptors (Lipinski definition) is 5. The van der Waals surface area contributed by atoms with E-state index in [1.807, 2.05) is 31.5 Å². The molecule has 1 aromatic carbocycles. The number of nitrogens with zero attached hydrogens (tertiary/aromatic N) is 3. The molecule has 0 bridgehead atoms. The minimum atomic E-state index is -0.526. The SMILES string of the molecule is CC(C)C[C@H](N)C(=O)Nc1ccc(Sc2nncn2C)c(Cl)c1. The van der Waals surface area contributed by atoms with Crippen LogP contribution >= 0.6 is 23.4 Å². The van der Waals surface area contributed by atoms with Gasteiger partial charge in [-0.15, -0.1) is 10.2 Å². The number of carbonyl (C=O) groups is 1. The van der Waals surface area contributed by atoms with Crippen molar-refractivity contribution in [2.24, 2.45) is 18.7 Å². The van der Waals surface area contributed by atoms with Crippen molar-refractivity contribution in [3.05, 3.63) is 29.5 Å². The van der Waals surface area contributed by atoms with Crippen molar-refractivity contribution in [3.63, 3.8) is 0 Å². The molecule has 0 saturated heterocycles. The van der Waals surface area contributed by atoms with E-state index in [1.54, 1.807) is 18.5 Å². The lowest BCUT2D eigenvalue weighted by atomic mass is 10.0. The third-order valence-corrected chi connectivity index (χ3v) is 4.69. The van der Waals surface area contributed by atoms with E-state index in [0.717, 1.165) is 10.1 Å². The predicted octanol–water partition coefficient (Wildman–Crippen LogP) is 2.93.